The van der Waals surface area contributed by atoms with Crippen LogP contribution < -0.4 is 0 Å². The van der Waals surface area contributed by atoms with Crippen molar-refractivity contribution in [3.8, 4) is 0 Å². The van der Waals surface area contributed by atoms with E-state index in [1.807, 2.05) is 0 Å². The van der Waals surface area contributed by atoms with Crippen LogP contribution in [-0.4, -0.2) is 11.1 Å². The monoisotopic (exact) mass is 302 g/mol. The lowest BCUT2D eigenvalue weighted by molar-refractivity contribution is -0.138. The third-order valence-corrected chi connectivity index (χ3v) is 3.67. The molecule has 0 saturated heterocycles. The Bertz CT molecular complexity index is 420. The van der Waals surface area contributed by atoms with E-state index in [4.69, 9.17) is 28.3 Å². The van der Waals surface area contributed by atoms with E-state index in [0.29, 0.717) is 0 Å². The number of halogens is 4. The number of rotatable bonds is 5. The summed E-state index contributed by atoms with van der Waals surface area (Å²) < 4.78 is 27.7. The van der Waals surface area contributed by atoms with Gasteiger partial charge in [-0.05, 0) is 12.0 Å². The highest BCUT2D eigenvalue weighted by atomic mass is 35.5. The smallest absolute Gasteiger partial charge is 0.303 e. The van der Waals surface area contributed by atoms with Crippen LogP contribution in [0.3, 0.4) is 0 Å². The third-order valence-electron chi connectivity index (χ3n) is 2.18. The highest BCUT2D eigenvalue weighted by molar-refractivity contribution is 7.20. The van der Waals surface area contributed by atoms with E-state index in [0.717, 1.165) is 17.4 Å². The first-order valence-corrected chi connectivity index (χ1v) is 6.34. The van der Waals surface area contributed by atoms with Gasteiger partial charge in [0.2, 0.25) is 0 Å². The second-order valence-electron chi connectivity index (χ2n) is 3.85. The molecule has 1 atom stereocenters. The zero-order chi connectivity index (χ0) is 13.2. The van der Waals surface area contributed by atoms with Crippen molar-refractivity contribution in [1.29, 1.82) is 0 Å². The quantitative estimate of drug-likeness (QED) is 0.860. The lowest BCUT2D eigenvalue weighted by Gasteiger charge is -2.19. The van der Waals surface area contributed by atoms with Crippen LogP contribution in [0.25, 0.3) is 0 Å². The molecule has 0 spiro atoms. The van der Waals surface area contributed by atoms with E-state index in [2.05, 4.69) is 0 Å². The van der Waals surface area contributed by atoms with E-state index < -0.39 is 24.2 Å². The Balaban J connectivity index is 2.81. The molecule has 1 aromatic heterocycles. The Morgan fingerprint density at radius 3 is 2.59 bits per heavy atom. The Labute approximate surface area is 111 Å². The fourth-order valence-electron chi connectivity index (χ4n) is 1.51. The lowest BCUT2D eigenvalue weighted by atomic mass is 9.96. The standard InChI is InChI=1S/C10H10Cl2F2O2S/c1-5(2-8(15)16)4-10(13,14)6-3-7(11)17-9(6)12/h3,5H,2,4H2,1H3,(H,15,16). The average Bonchev–Trinajstić information content (AvgIpc) is 2.42. The summed E-state index contributed by atoms with van der Waals surface area (Å²) in [7, 11) is 0. The molecule has 0 aromatic carbocycles. The molecule has 2 nitrogen and oxygen atoms in total. The predicted molar refractivity (Wildman–Crippen MR) is 64.3 cm³/mol. The van der Waals surface area contributed by atoms with Crippen molar-refractivity contribution in [2.24, 2.45) is 5.92 Å². The molecule has 1 heterocycles. The van der Waals surface area contributed by atoms with Crippen LogP contribution in [0.5, 0.6) is 0 Å². The largest absolute Gasteiger partial charge is 0.481 e. The number of carbonyl (C=O) groups is 1. The van der Waals surface area contributed by atoms with Crippen LogP contribution in [-0.2, 0) is 10.7 Å². The molecular formula is C10H10Cl2F2O2S. The minimum absolute atomic E-state index is 0.0532. The summed E-state index contributed by atoms with van der Waals surface area (Å²) in [4.78, 5) is 10.4. The normalized spacial score (nSPS) is 13.7. The minimum atomic E-state index is -3.16. The van der Waals surface area contributed by atoms with Gasteiger partial charge in [-0.25, -0.2) is 8.78 Å². The van der Waals surface area contributed by atoms with E-state index in [1.54, 1.807) is 0 Å². The molecule has 0 saturated carbocycles. The first-order chi connectivity index (χ1) is 7.72. The van der Waals surface area contributed by atoms with Crippen LogP contribution in [0.4, 0.5) is 8.78 Å². The van der Waals surface area contributed by atoms with Crippen molar-refractivity contribution >= 4 is 40.5 Å². The maximum atomic E-state index is 13.8. The van der Waals surface area contributed by atoms with Crippen LogP contribution in [0.15, 0.2) is 6.07 Å². The summed E-state index contributed by atoms with van der Waals surface area (Å²) >= 11 is 12.1. The summed E-state index contributed by atoms with van der Waals surface area (Å²) in [6.07, 6.45) is -0.864. The Hall–Kier alpha value is -0.390. The molecule has 0 fully saturated rings. The summed E-state index contributed by atoms with van der Waals surface area (Å²) in [6.45, 7) is 1.46. The Morgan fingerprint density at radius 1 is 1.59 bits per heavy atom. The number of aliphatic carboxylic acids is 1. The summed E-state index contributed by atoms with van der Waals surface area (Å²) in [6, 6.07) is 1.13. The minimum Gasteiger partial charge on any atom is -0.481 e. The molecule has 0 amide bonds. The molecule has 0 aliphatic heterocycles. The SMILES string of the molecule is CC(CC(=O)O)CC(F)(F)c1cc(Cl)sc1Cl. The molecule has 0 radical (unpaired) electrons. The molecule has 96 valence electrons. The van der Waals surface area contributed by atoms with Crippen LogP contribution in [0.1, 0.15) is 25.3 Å². The lowest BCUT2D eigenvalue weighted by Crippen LogP contribution is -2.18. The van der Waals surface area contributed by atoms with Crippen molar-refractivity contribution in [3.63, 3.8) is 0 Å². The number of alkyl halides is 2. The van der Waals surface area contributed by atoms with Crippen molar-refractivity contribution in [1.82, 2.24) is 0 Å². The van der Waals surface area contributed by atoms with Gasteiger partial charge in [0.15, 0.2) is 0 Å². The predicted octanol–water partition coefficient (Wildman–Crippen LogP) is 4.65. The second-order valence-corrected chi connectivity index (χ2v) is 6.14. The van der Waals surface area contributed by atoms with Gasteiger partial charge in [0, 0.05) is 12.8 Å². The molecule has 17 heavy (non-hydrogen) atoms. The van der Waals surface area contributed by atoms with Gasteiger partial charge in [0.05, 0.1) is 9.90 Å². The second kappa shape index (κ2) is 5.50. The zero-order valence-electron chi connectivity index (χ0n) is 8.84. The first kappa shape index (κ1) is 14.7. The summed E-state index contributed by atoms with van der Waals surface area (Å²) in [5.74, 6) is -4.89. The van der Waals surface area contributed by atoms with Gasteiger partial charge in [-0.1, -0.05) is 30.1 Å². The van der Waals surface area contributed by atoms with Gasteiger partial charge in [-0.3, -0.25) is 4.79 Å². The Kier molecular flexibility index (Phi) is 4.75. The molecule has 0 aliphatic rings. The topological polar surface area (TPSA) is 37.3 Å². The van der Waals surface area contributed by atoms with Crippen LogP contribution in [0.2, 0.25) is 8.67 Å². The molecule has 0 aliphatic carbocycles. The number of hydrogen-bond donors (Lipinski definition) is 1. The maximum absolute atomic E-state index is 13.8. The summed E-state index contributed by atoms with van der Waals surface area (Å²) in [5, 5.41) is 8.52. The number of thiophene rings is 1. The number of carboxylic acids is 1. The molecule has 1 N–H and O–H groups in total. The molecule has 0 bridgehead atoms. The number of hydrogen-bond acceptors (Lipinski definition) is 2. The molecule has 1 unspecified atom stereocenters. The van der Waals surface area contributed by atoms with Crippen LogP contribution >= 0.6 is 34.5 Å². The Morgan fingerprint density at radius 2 is 2.18 bits per heavy atom. The van der Waals surface area contributed by atoms with Crippen molar-refractivity contribution < 1.29 is 18.7 Å². The van der Waals surface area contributed by atoms with E-state index in [-0.39, 0.29) is 20.7 Å². The van der Waals surface area contributed by atoms with Gasteiger partial charge in [0.1, 0.15) is 4.34 Å². The van der Waals surface area contributed by atoms with E-state index in [1.165, 1.54) is 6.92 Å². The first-order valence-electron chi connectivity index (χ1n) is 4.77. The molecular weight excluding hydrogens is 293 g/mol. The van der Waals surface area contributed by atoms with Gasteiger partial charge in [0.25, 0.3) is 5.92 Å². The van der Waals surface area contributed by atoms with E-state index >= 15 is 0 Å². The van der Waals surface area contributed by atoms with Crippen molar-refractivity contribution in [3.05, 3.63) is 20.3 Å². The highest BCUT2D eigenvalue weighted by Gasteiger charge is 2.37. The van der Waals surface area contributed by atoms with Gasteiger partial charge < -0.3 is 5.11 Å². The van der Waals surface area contributed by atoms with Gasteiger partial charge in [-0.15, -0.1) is 11.3 Å². The van der Waals surface area contributed by atoms with Crippen molar-refractivity contribution in [2.45, 2.75) is 25.7 Å². The molecule has 7 heteroatoms. The number of carboxylic acid groups (broad SMARTS) is 1. The van der Waals surface area contributed by atoms with Gasteiger partial charge >= 0.3 is 5.97 Å². The average molecular weight is 303 g/mol. The third kappa shape index (κ3) is 4.08. The molecule has 1 rings (SSSR count). The van der Waals surface area contributed by atoms with Crippen molar-refractivity contribution in [2.75, 3.05) is 0 Å². The maximum Gasteiger partial charge on any atom is 0.303 e. The zero-order valence-corrected chi connectivity index (χ0v) is 11.2. The highest BCUT2D eigenvalue weighted by Crippen LogP contribution is 2.44. The van der Waals surface area contributed by atoms with Crippen LogP contribution in [0, 0.1) is 5.92 Å². The molecule has 1 aromatic rings. The summed E-state index contributed by atoms with van der Waals surface area (Å²) in [5.41, 5.74) is -0.327. The fraction of sp³-hybridized carbons (Fsp3) is 0.500. The van der Waals surface area contributed by atoms with E-state index in [9.17, 15) is 13.6 Å². The fourth-order valence-corrected chi connectivity index (χ4v) is 3.07. The van der Waals surface area contributed by atoms with Gasteiger partial charge in [-0.2, -0.15) is 0 Å².